The molecule has 2 aromatic carbocycles. The van der Waals surface area contributed by atoms with Gasteiger partial charge >= 0.3 is 0 Å². The van der Waals surface area contributed by atoms with Gasteiger partial charge < -0.3 is 4.43 Å². The van der Waals surface area contributed by atoms with E-state index in [0.29, 0.717) is 22.0 Å². The lowest BCUT2D eigenvalue weighted by Crippen LogP contribution is -2.50. The molecule has 0 aliphatic rings. The highest BCUT2D eigenvalue weighted by atomic mass is 28.4. The highest BCUT2D eigenvalue weighted by molar-refractivity contribution is 6.78. The quantitative estimate of drug-likeness (QED) is 0.569. The number of hydrogen-bond acceptors (Lipinski definition) is 1. The molecule has 0 amide bonds. The van der Waals surface area contributed by atoms with E-state index >= 15 is 0 Å². The molecule has 0 saturated carbocycles. The van der Waals surface area contributed by atoms with Crippen molar-refractivity contribution in [1.29, 1.82) is 0 Å². The summed E-state index contributed by atoms with van der Waals surface area (Å²) in [6.45, 7) is 13.6. The van der Waals surface area contributed by atoms with Gasteiger partial charge in [0, 0.05) is 10.8 Å². The molecule has 0 N–H and O–H groups in total. The van der Waals surface area contributed by atoms with E-state index in [4.69, 9.17) is 4.43 Å². The van der Waals surface area contributed by atoms with E-state index in [9.17, 15) is 4.39 Å². The maximum Gasteiger partial charge on any atom is 0.258 e. The molecule has 0 bridgehead atoms. The fourth-order valence-electron chi connectivity index (χ4n) is 3.88. The van der Waals surface area contributed by atoms with Crippen molar-refractivity contribution in [2.75, 3.05) is 0 Å². The predicted octanol–water partition coefficient (Wildman–Crippen LogP) is 6.53. The Morgan fingerprint density at radius 1 is 0.773 bits per heavy atom. The maximum atomic E-state index is 14.0. The Morgan fingerprint density at radius 2 is 1.27 bits per heavy atom. The van der Waals surface area contributed by atoms with Crippen LogP contribution in [0.3, 0.4) is 0 Å². The third kappa shape index (κ3) is 2.79. The summed E-state index contributed by atoms with van der Waals surface area (Å²) in [5, 5.41) is 1.51. The molecule has 0 aliphatic heterocycles. The van der Waals surface area contributed by atoms with Crippen LogP contribution in [0.5, 0.6) is 5.75 Å². The van der Waals surface area contributed by atoms with Crippen molar-refractivity contribution in [3.63, 3.8) is 0 Å². The van der Waals surface area contributed by atoms with Gasteiger partial charge in [0.2, 0.25) is 0 Å². The molecule has 2 rings (SSSR count). The van der Waals surface area contributed by atoms with Crippen LogP contribution in [0.1, 0.15) is 41.5 Å². The number of fused-ring (bicyclic) bond motifs is 1. The van der Waals surface area contributed by atoms with E-state index in [-0.39, 0.29) is 5.82 Å². The predicted molar refractivity (Wildman–Crippen MR) is 95.6 cm³/mol. The Hall–Kier alpha value is -1.35. The molecule has 1 nitrogen and oxygen atoms in total. The zero-order valence-electron chi connectivity index (χ0n) is 14.5. The summed E-state index contributed by atoms with van der Waals surface area (Å²) in [7, 11) is -2.03. The number of halogens is 1. The molecule has 0 aromatic heterocycles. The van der Waals surface area contributed by atoms with E-state index in [0.717, 1.165) is 11.1 Å². The molecule has 0 spiro atoms. The van der Waals surface area contributed by atoms with Gasteiger partial charge in [-0.25, -0.2) is 4.39 Å². The van der Waals surface area contributed by atoms with Crippen molar-refractivity contribution in [2.45, 2.75) is 58.2 Å². The monoisotopic (exact) mass is 318 g/mol. The van der Waals surface area contributed by atoms with Gasteiger partial charge in [0.05, 0.1) is 0 Å². The Kier molecular flexibility index (Phi) is 4.96. The molecule has 3 heteroatoms. The van der Waals surface area contributed by atoms with Gasteiger partial charge in [-0.2, -0.15) is 0 Å². The molecule has 0 radical (unpaired) electrons. The summed E-state index contributed by atoms with van der Waals surface area (Å²) in [5.74, 6) is 0.647. The van der Waals surface area contributed by atoms with E-state index in [2.05, 4.69) is 41.5 Å². The first kappa shape index (κ1) is 17.0. The third-order valence-corrected chi connectivity index (χ3v) is 10.8. The first-order chi connectivity index (χ1) is 10.3. The Balaban J connectivity index is 2.59. The van der Waals surface area contributed by atoms with E-state index < -0.39 is 8.32 Å². The highest BCUT2D eigenvalue weighted by Gasteiger charge is 2.47. The number of benzene rings is 2. The van der Waals surface area contributed by atoms with Crippen LogP contribution in [-0.2, 0) is 0 Å². The Morgan fingerprint density at radius 3 is 1.82 bits per heavy atom. The van der Waals surface area contributed by atoms with Gasteiger partial charge in [-0.05, 0) is 28.8 Å². The van der Waals surface area contributed by atoms with Gasteiger partial charge in [-0.3, -0.25) is 0 Å². The first-order valence-electron chi connectivity index (χ1n) is 8.17. The van der Waals surface area contributed by atoms with E-state index in [1.807, 2.05) is 24.3 Å². The van der Waals surface area contributed by atoms with Gasteiger partial charge in [0.15, 0.2) is 0 Å². The Labute approximate surface area is 134 Å². The normalized spacial score (nSPS) is 12.6. The summed E-state index contributed by atoms with van der Waals surface area (Å²) >= 11 is 0. The molecular formula is C19H27FOSi. The second kappa shape index (κ2) is 6.41. The van der Waals surface area contributed by atoms with E-state index in [1.54, 1.807) is 6.07 Å². The average molecular weight is 319 g/mol. The van der Waals surface area contributed by atoms with Crippen LogP contribution < -0.4 is 4.43 Å². The minimum Gasteiger partial charge on any atom is -0.542 e. The van der Waals surface area contributed by atoms with Crippen LogP contribution in [0.4, 0.5) is 4.39 Å². The van der Waals surface area contributed by atoms with Crippen LogP contribution in [0, 0.1) is 5.82 Å². The van der Waals surface area contributed by atoms with Crippen LogP contribution in [0.25, 0.3) is 10.8 Å². The lowest BCUT2D eigenvalue weighted by molar-refractivity contribution is 0.484. The van der Waals surface area contributed by atoms with Crippen LogP contribution in [0.2, 0.25) is 16.6 Å². The zero-order chi connectivity index (χ0) is 16.5. The van der Waals surface area contributed by atoms with Crippen molar-refractivity contribution in [3.8, 4) is 5.75 Å². The number of rotatable bonds is 5. The largest absolute Gasteiger partial charge is 0.542 e. The van der Waals surface area contributed by atoms with Crippen molar-refractivity contribution in [1.82, 2.24) is 0 Å². The van der Waals surface area contributed by atoms with Gasteiger partial charge in [-0.1, -0.05) is 65.8 Å². The van der Waals surface area contributed by atoms with Crippen molar-refractivity contribution < 1.29 is 8.82 Å². The molecule has 0 unspecified atom stereocenters. The van der Waals surface area contributed by atoms with Gasteiger partial charge in [0.1, 0.15) is 11.6 Å². The third-order valence-electron chi connectivity index (χ3n) is 4.82. The minimum atomic E-state index is -2.03. The van der Waals surface area contributed by atoms with Crippen LogP contribution in [0.15, 0.2) is 36.4 Å². The Bertz CT molecular complexity index is 627. The highest BCUT2D eigenvalue weighted by Crippen LogP contribution is 2.44. The number of hydrogen-bond donors (Lipinski definition) is 0. The molecule has 0 aliphatic carbocycles. The second-order valence-corrected chi connectivity index (χ2v) is 12.4. The summed E-state index contributed by atoms with van der Waals surface area (Å²) in [6.07, 6.45) is 0. The van der Waals surface area contributed by atoms with Crippen molar-refractivity contribution in [2.24, 2.45) is 0 Å². The van der Waals surface area contributed by atoms with Crippen molar-refractivity contribution >= 4 is 19.1 Å². The lowest BCUT2D eigenvalue weighted by atomic mass is 10.1. The molecule has 0 heterocycles. The summed E-state index contributed by atoms with van der Waals surface area (Å²) in [5.41, 5.74) is 1.49. The lowest BCUT2D eigenvalue weighted by Gasteiger charge is -2.42. The standard InChI is InChI=1S/C19H27FOSi/c1-13(2)22(14(3)4,15(5)6)21-19-12-8-9-16-17(19)10-7-11-18(16)20/h7-15H,1-6H3. The summed E-state index contributed by atoms with van der Waals surface area (Å²) < 4.78 is 20.8. The minimum absolute atomic E-state index is 0.186. The summed E-state index contributed by atoms with van der Waals surface area (Å²) in [6, 6.07) is 10.9. The fraction of sp³-hybridized carbons (Fsp3) is 0.474. The molecular weight excluding hydrogens is 291 g/mol. The van der Waals surface area contributed by atoms with Gasteiger partial charge in [-0.15, -0.1) is 0 Å². The summed E-state index contributed by atoms with van der Waals surface area (Å²) in [4.78, 5) is 0. The molecule has 22 heavy (non-hydrogen) atoms. The molecule has 0 atom stereocenters. The molecule has 120 valence electrons. The average Bonchev–Trinajstić information content (AvgIpc) is 2.44. The van der Waals surface area contributed by atoms with Gasteiger partial charge in [0.25, 0.3) is 8.32 Å². The maximum absolute atomic E-state index is 14.0. The SMILES string of the molecule is CC(C)[Si](Oc1cccc2c(F)cccc12)(C(C)C)C(C)C. The fourth-order valence-corrected chi connectivity index (χ4v) is 9.14. The molecule has 2 aromatic rings. The van der Waals surface area contributed by atoms with E-state index in [1.165, 1.54) is 6.07 Å². The zero-order valence-corrected chi connectivity index (χ0v) is 15.5. The smallest absolute Gasteiger partial charge is 0.258 e. The second-order valence-electron chi connectivity index (χ2n) is 7.01. The molecule has 0 saturated heterocycles. The first-order valence-corrected chi connectivity index (χ1v) is 10.3. The van der Waals surface area contributed by atoms with Crippen LogP contribution >= 0.6 is 0 Å². The van der Waals surface area contributed by atoms with Crippen LogP contribution in [-0.4, -0.2) is 8.32 Å². The van der Waals surface area contributed by atoms with Crippen molar-refractivity contribution in [3.05, 3.63) is 42.2 Å². The molecule has 0 fully saturated rings. The topological polar surface area (TPSA) is 9.23 Å².